The van der Waals surface area contributed by atoms with Crippen LogP contribution < -0.4 is 15.5 Å². The average Bonchev–Trinajstić information content (AvgIpc) is 2.68. The van der Waals surface area contributed by atoms with Gasteiger partial charge < -0.3 is 10.1 Å². The Morgan fingerprint density at radius 1 is 0.964 bits per heavy atom. The third-order valence-corrected chi connectivity index (χ3v) is 4.32. The Bertz CT molecular complexity index is 977. The molecule has 0 amide bonds. The third-order valence-electron chi connectivity index (χ3n) is 3.64. The third kappa shape index (κ3) is 6.53. The molecule has 0 aromatic heterocycles. The summed E-state index contributed by atoms with van der Waals surface area (Å²) in [5, 5.41) is 8.86. The maximum Gasteiger partial charge on any atom is 0.191 e. The molecule has 0 heterocycles. The van der Waals surface area contributed by atoms with E-state index in [0.29, 0.717) is 21.8 Å². The van der Waals surface area contributed by atoms with Gasteiger partial charge in [-0.05, 0) is 65.8 Å². The lowest BCUT2D eigenvalue weighted by Crippen LogP contribution is -2.23. The average molecular weight is 430 g/mol. The first kappa shape index (κ1) is 20.1. The van der Waals surface area contributed by atoms with Crippen molar-refractivity contribution < 1.29 is 4.74 Å². The van der Waals surface area contributed by atoms with Crippen LogP contribution in [0.4, 0.5) is 5.69 Å². The molecule has 4 nitrogen and oxygen atoms in total. The number of halogens is 2. The zero-order chi connectivity index (χ0) is 19.8. The van der Waals surface area contributed by atoms with Crippen LogP contribution in [0.15, 0.2) is 77.9 Å². The first-order chi connectivity index (χ1) is 13.6. The van der Waals surface area contributed by atoms with Crippen LogP contribution in [0, 0.1) is 0 Å². The molecule has 3 aromatic rings. The van der Waals surface area contributed by atoms with Crippen molar-refractivity contribution in [2.75, 3.05) is 5.32 Å². The lowest BCUT2D eigenvalue weighted by Gasteiger charge is -2.08. The minimum absolute atomic E-state index is 0.369. The van der Waals surface area contributed by atoms with E-state index in [2.05, 4.69) is 15.8 Å². The predicted molar refractivity (Wildman–Crippen MR) is 121 cm³/mol. The van der Waals surface area contributed by atoms with E-state index in [9.17, 15) is 0 Å². The first-order valence-corrected chi connectivity index (χ1v) is 9.58. The molecule has 0 radical (unpaired) electrons. The van der Waals surface area contributed by atoms with Crippen LogP contribution in [-0.2, 0) is 6.61 Å². The smallest absolute Gasteiger partial charge is 0.191 e. The van der Waals surface area contributed by atoms with E-state index in [1.54, 1.807) is 18.3 Å². The zero-order valence-electron chi connectivity index (χ0n) is 14.7. The van der Waals surface area contributed by atoms with E-state index >= 15 is 0 Å². The summed E-state index contributed by atoms with van der Waals surface area (Å²) in [7, 11) is 0. The number of hydrogen-bond donors (Lipinski definition) is 2. The summed E-state index contributed by atoms with van der Waals surface area (Å²) in [6.07, 6.45) is 1.67. The zero-order valence-corrected chi connectivity index (χ0v) is 17.1. The predicted octanol–water partition coefficient (Wildman–Crippen LogP) is 5.89. The van der Waals surface area contributed by atoms with Gasteiger partial charge >= 0.3 is 0 Å². The van der Waals surface area contributed by atoms with Crippen molar-refractivity contribution in [3.8, 4) is 5.75 Å². The molecule has 3 aromatic carbocycles. The molecular formula is C21H17Cl2N3OS. The Hall–Kier alpha value is -2.60. The van der Waals surface area contributed by atoms with Gasteiger partial charge in [-0.2, -0.15) is 5.10 Å². The van der Waals surface area contributed by atoms with Gasteiger partial charge in [0.1, 0.15) is 12.4 Å². The number of hydrogen-bond acceptors (Lipinski definition) is 3. The van der Waals surface area contributed by atoms with Gasteiger partial charge in [0.2, 0.25) is 0 Å². The minimum Gasteiger partial charge on any atom is -0.489 e. The number of nitrogens with one attached hydrogen (secondary N) is 2. The maximum absolute atomic E-state index is 5.95. The van der Waals surface area contributed by atoms with E-state index < -0.39 is 0 Å². The molecule has 142 valence electrons. The van der Waals surface area contributed by atoms with Crippen molar-refractivity contribution in [3.63, 3.8) is 0 Å². The number of nitrogens with zero attached hydrogens (tertiary/aromatic N) is 1. The SMILES string of the molecule is S=C(N/N=C\c1cccc(OCc2ccc(Cl)cc2)c1)Nc1cccc(Cl)c1. The molecule has 0 aliphatic rings. The Morgan fingerprint density at radius 2 is 1.75 bits per heavy atom. The first-order valence-electron chi connectivity index (χ1n) is 8.41. The fourth-order valence-corrected chi connectivity index (χ4v) is 2.81. The number of benzene rings is 3. The summed E-state index contributed by atoms with van der Waals surface area (Å²) in [5.74, 6) is 0.749. The van der Waals surface area contributed by atoms with Crippen molar-refractivity contribution in [2.24, 2.45) is 5.10 Å². The van der Waals surface area contributed by atoms with Crippen LogP contribution in [0.2, 0.25) is 10.0 Å². The number of ether oxygens (including phenoxy) is 1. The molecular weight excluding hydrogens is 413 g/mol. The molecule has 0 saturated carbocycles. The fraction of sp³-hybridized carbons (Fsp3) is 0.0476. The van der Waals surface area contributed by atoms with Crippen molar-refractivity contribution >= 4 is 52.4 Å². The second kappa shape index (κ2) is 10.1. The molecule has 0 spiro atoms. The Labute approximate surface area is 179 Å². The highest BCUT2D eigenvalue weighted by Crippen LogP contribution is 2.16. The lowest BCUT2D eigenvalue weighted by atomic mass is 10.2. The topological polar surface area (TPSA) is 45.7 Å². The monoisotopic (exact) mass is 429 g/mol. The molecule has 0 bridgehead atoms. The van der Waals surface area contributed by atoms with Gasteiger partial charge in [-0.15, -0.1) is 0 Å². The summed E-state index contributed by atoms with van der Waals surface area (Å²) in [4.78, 5) is 0. The summed E-state index contributed by atoms with van der Waals surface area (Å²) in [6.45, 7) is 0.462. The van der Waals surface area contributed by atoms with Crippen LogP contribution in [0.3, 0.4) is 0 Å². The quantitative estimate of drug-likeness (QED) is 0.291. The lowest BCUT2D eigenvalue weighted by molar-refractivity contribution is 0.306. The van der Waals surface area contributed by atoms with Gasteiger partial charge in [0.15, 0.2) is 5.11 Å². The van der Waals surface area contributed by atoms with E-state index in [1.165, 1.54) is 0 Å². The fourth-order valence-electron chi connectivity index (χ4n) is 2.32. The van der Waals surface area contributed by atoms with Gasteiger partial charge in [0.25, 0.3) is 0 Å². The Balaban J connectivity index is 1.51. The van der Waals surface area contributed by atoms with Gasteiger partial charge in [-0.1, -0.05) is 53.5 Å². The highest BCUT2D eigenvalue weighted by Gasteiger charge is 1.99. The van der Waals surface area contributed by atoms with Gasteiger partial charge in [0, 0.05) is 15.7 Å². The van der Waals surface area contributed by atoms with Gasteiger partial charge in [-0.25, -0.2) is 0 Å². The van der Waals surface area contributed by atoms with Crippen molar-refractivity contribution in [1.29, 1.82) is 0 Å². The Kier molecular flexibility index (Phi) is 7.25. The molecule has 3 rings (SSSR count). The standard InChI is InChI=1S/C21H17Cl2N3OS/c22-17-9-7-15(8-10-17)14-27-20-6-1-3-16(11-20)13-24-26-21(28)25-19-5-2-4-18(23)12-19/h1-13H,14H2,(H2,25,26,28)/b24-13-. The molecule has 2 N–H and O–H groups in total. The molecule has 0 atom stereocenters. The van der Waals surface area contributed by atoms with Crippen LogP contribution >= 0.6 is 35.4 Å². The van der Waals surface area contributed by atoms with Crippen LogP contribution in [0.5, 0.6) is 5.75 Å². The van der Waals surface area contributed by atoms with E-state index in [0.717, 1.165) is 22.6 Å². The minimum atomic E-state index is 0.369. The van der Waals surface area contributed by atoms with E-state index in [-0.39, 0.29) is 0 Å². The summed E-state index contributed by atoms with van der Waals surface area (Å²) < 4.78 is 5.81. The summed E-state index contributed by atoms with van der Waals surface area (Å²) in [5.41, 5.74) is 5.49. The van der Waals surface area contributed by atoms with Crippen LogP contribution in [0.25, 0.3) is 0 Å². The number of thiocarbonyl (C=S) groups is 1. The number of rotatable bonds is 6. The highest BCUT2D eigenvalue weighted by molar-refractivity contribution is 7.80. The normalized spacial score (nSPS) is 10.6. The summed E-state index contributed by atoms with van der Waals surface area (Å²) >= 11 is 17.1. The molecule has 0 saturated heterocycles. The number of anilines is 1. The van der Waals surface area contributed by atoms with E-state index in [1.807, 2.05) is 60.7 Å². The highest BCUT2D eigenvalue weighted by atomic mass is 35.5. The van der Waals surface area contributed by atoms with Gasteiger partial charge in [-0.3, -0.25) is 5.43 Å². The van der Waals surface area contributed by atoms with Crippen molar-refractivity contribution in [1.82, 2.24) is 5.43 Å². The second-order valence-corrected chi connectivity index (χ2v) is 7.10. The molecule has 0 unspecified atom stereocenters. The van der Waals surface area contributed by atoms with Crippen molar-refractivity contribution in [3.05, 3.63) is 94.0 Å². The number of hydrazone groups is 1. The van der Waals surface area contributed by atoms with E-state index in [4.69, 9.17) is 40.2 Å². The second-order valence-electron chi connectivity index (χ2n) is 5.82. The maximum atomic E-state index is 5.95. The van der Waals surface area contributed by atoms with Crippen LogP contribution in [0.1, 0.15) is 11.1 Å². The Morgan fingerprint density at radius 3 is 2.54 bits per heavy atom. The molecule has 0 aliphatic carbocycles. The largest absolute Gasteiger partial charge is 0.489 e. The van der Waals surface area contributed by atoms with Crippen molar-refractivity contribution in [2.45, 2.75) is 6.61 Å². The summed E-state index contributed by atoms with van der Waals surface area (Å²) in [6, 6.07) is 22.5. The molecule has 7 heteroatoms. The van der Waals surface area contributed by atoms with Gasteiger partial charge in [0.05, 0.1) is 6.21 Å². The van der Waals surface area contributed by atoms with Crippen LogP contribution in [-0.4, -0.2) is 11.3 Å². The molecule has 28 heavy (non-hydrogen) atoms. The molecule has 0 fully saturated rings. The molecule has 0 aliphatic heterocycles.